The third-order valence-electron chi connectivity index (χ3n) is 3.70. The molecule has 0 unspecified atom stereocenters. The zero-order valence-corrected chi connectivity index (χ0v) is 15.8. The highest BCUT2D eigenvalue weighted by Gasteiger charge is 2.32. The van der Waals surface area contributed by atoms with Crippen LogP contribution in [-0.4, -0.2) is 47.4 Å². The van der Waals surface area contributed by atoms with Crippen molar-refractivity contribution < 1.29 is 23.1 Å². The molecule has 0 aliphatic carbocycles. The number of hydrogen-bond acceptors (Lipinski definition) is 5. The predicted octanol–water partition coefficient (Wildman–Crippen LogP) is 2.30. The lowest BCUT2D eigenvalue weighted by Gasteiger charge is -2.20. The first-order chi connectivity index (χ1) is 11.7. The molecular weight excluding hydrogens is 368 g/mol. The number of sulfone groups is 1. The van der Waals surface area contributed by atoms with Gasteiger partial charge < -0.3 is 10.4 Å². The third-order valence-corrected chi connectivity index (χ3v) is 6.19. The number of carbonyl (C=O) groups excluding carboxylic acids is 1. The molecule has 0 fully saturated rings. The monoisotopic (exact) mass is 390 g/mol. The molecule has 25 heavy (non-hydrogen) atoms. The number of aromatic nitrogens is 1. The van der Waals surface area contributed by atoms with Crippen molar-refractivity contribution in [3.8, 4) is 0 Å². The Labute approximate surface area is 152 Å². The standard InChI is InChI=1S/C16H23ClN2O5S/c1-3-5-13(6-4-2)25(23,24)10-14(16(21)22)19-15(20)11-7-12(17)9-18-8-11/h7-9,13-14H,3-6,10H2,1-2H3,(H,19,20)(H,21,22)/t14-/m1/s1. The molecule has 0 bridgehead atoms. The molecule has 7 nitrogen and oxygen atoms in total. The van der Waals surface area contributed by atoms with E-state index >= 15 is 0 Å². The number of carbonyl (C=O) groups is 2. The van der Waals surface area contributed by atoms with Crippen LogP contribution in [0.3, 0.4) is 0 Å². The number of rotatable bonds is 10. The molecule has 0 saturated carbocycles. The van der Waals surface area contributed by atoms with Crippen LogP contribution in [0.2, 0.25) is 5.02 Å². The van der Waals surface area contributed by atoms with Crippen LogP contribution in [0.15, 0.2) is 18.5 Å². The number of nitrogens with one attached hydrogen (secondary N) is 1. The van der Waals surface area contributed by atoms with E-state index < -0.39 is 38.8 Å². The molecule has 0 aromatic carbocycles. The summed E-state index contributed by atoms with van der Waals surface area (Å²) in [6, 6.07) is -0.207. The maximum atomic E-state index is 12.5. The largest absolute Gasteiger partial charge is 0.480 e. The minimum Gasteiger partial charge on any atom is -0.480 e. The second kappa shape index (κ2) is 9.72. The molecule has 1 amide bonds. The van der Waals surface area contributed by atoms with E-state index in [0.29, 0.717) is 25.7 Å². The summed E-state index contributed by atoms with van der Waals surface area (Å²) in [5, 5.41) is 11.2. The summed E-state index contributed by atoms with van der Waals surface area (Å²) in [5.74, 6) is -2.79. The average molecular weight is 391 g/mol. The van der Waals surface area contributed by atoms with Crippen LogP contribution in [0.25, 0.3) is 0 Å². The Bertz CT molecular complexity index is 702. The molecule has 0 saturated heterocycles. The van der Waals surface area contributed by atoms with E-state index in [0.717, 1.165) is 0 Å². The number of amides is 1. The second-order valence-corrected chi connectivity index (χ2v) is 8.55. The Morgan fingerprint density at radius 1 is 1.24 bits per heavy atom. The van der Waals surface area contributed by atoms with Crippen molar-refractivity contribution in [3.05, 3.63) is 29.0 Å². The normalized spacial score (nSPS) is 12.8. The van der Waals surface area contributed by atoms with E-state index in [1.54, 1.807) is 0 Å². The Morgan fingerprint density at radius 3 is 2.32 bits per heavy atom. The van der Waals surface area contributed by atoms with Crippen molar-refractivity contribution in [2.75, 3.05) is 5.75 Å². The zero-order valence-electron chi connectivity index (χ0n) is 14.2. The van der Waals surface area contributed by atoms with Crippen LogP contribution in [0.5, 0.6) is 0 Å². The summed E-state index contributed by atoms with van der Waals surface area (Å²) in [6.45, 7) is 3.75. The Kier molecular flexibility index (Phi) is 8.31. The van der Waals surface area contributed by atoms with Gasteiger partial charge in [-0.2, -0.15) is 0 Å². The Balaban J connectivity index is 2.93. The summed E-state index contributed by atoms with van der Waals surface area (Å²) in [5.41, 5.74) is 0.0646. The van der Waals surface area contributed by atoms with Gasteiger partial charge in [0.25, 0.3) is 5.91 Å². The van der Waals surface area contributed by atoms with Gasteiger partial charge in [-0.1, -0.05) is 38.3 Å². The van der Waals surface area contributed by atoms with Crippen LogP contribution in [0.1, 0.15) is 49.9 Å². The number of pyridine rings is 1. The van der Waals surface area contributed by atoms with Gasteiger partial charge in [0.2, 0.25) is 0 Å². The molecule has 0 aliphatic rings. The highest BCUT2D eigenvalue weighted by Crippen LogP contribution is 2.17. The molecule has 0 aliphatic heterocycles. The van der Waals surface area contributed by atoms with Gasteiger partial charge in [-0.3, -0.25) is 9.78 Å². The molecule has 1 aromatic heterocycles. The van der Waals surface area contributed by atoms with Crippen LogP contribution in [0, 0.1) is 0 Å². The smallest absolute Gasteiger partial charge is 0.327 e. The predicted molar refractivity (Wildman–Crippen MR) is 95.5 cm³/mol. The summed E-state index contributed by atoms with van der Waals surface area (Å²) < 4.78 is 25.1. The number of nitrogens with zero attached hydrogens (tertiary/aromatic N) is 1. The quantitative estimate of drug-likeness (QED) is 0.633. The number of hydrogen-bond donors (Lipinski definition) is 2. The lowest BCUT2D eigenvalue weighted by atomic mass is 10.2. The number of carboxylic acids is 1. The molecule has 0 spiro atoms. The first-order valence-electron chi connectivity index (χ1n) is 8.07. The van der Waals surface area contributed by atoms with Crippen LogP contribution >= 0.6 is 11.6 Å². The van der Waals surface area contributed by atoms with Gasteiger partial charge in [0.15, 0.2) is 9.84 Å². The number of halogens is 1. The van der Waals surface area contributed by atoms with Crippen LogP contribution in [0.4, 0.5) is 0 Å². The van der Waals surface area contributed by atoms with E-state index in [4.69, 9.17) is 11.6 Å². The molecular formula is C16H23ClN2O5S. The van der Waals surface area contributed by atoms with Gasteiger partial charge in [0, 0.05) is 12.4 Å². The van der Waals surface area contributed by atoms with Crippen molar-refractivity contribution in [2.45, 2.75) is 50.8 Å². The molecule has 1 rings (SSSR count). The fourth-order valence-electron chi connectivity index (χ4n) is 2.47. The molecule has 0 radical (unpaired) electrons. The van der Waals surface area contributed by atoms with E-state index in [1.807, 2.05) is 13.8 Å². The van der Waals surface area contributed by atoms with Gasteiger partial charge in [0.1, 0.15) is 6.04 Å². The number of aliphatic carboxylic acids is 1. The topological polar surface area (TPSA) is 113 Å². The fourth-order valence-corrected chi connectivity index (χ4v) is 4.79. The van der Waals surface area contributed by atoms with E-state index in [1.165, 1.54) is 18.5 Å². The van der Waals surface area contributed by atoms with E-state index in [9.17, 15) is 23.1 Å². The highest BCUT2D eigenvalue weighted by atomic mass is 35.5. The van der Waals surface area contributed by atoms with Gasteiger partial charge in [-0.25, -0.2) is 13.2 Å². The molecule has 1 heterocycles. The highest BCUT2D eigenvalue weighted by molar-refractivity contribution is 7.92. The molecule has 2 N–H and O–H groups in total. The lowest BCUT2D eigenvalue weighted by molar-refractivity contribution is -0.138. The first kappa shape index (κ1) is 21.4. The van der Waals surface area contributed by atoms with Crippen LogP contribution in [-0.2, 0) is 14.6 Å². The molecule has 9 heteroatoms. The van der Waals surface area contributed by atoms with Crippen LogP contribution < -0.4 is 5.32 Å². The van der Waals surface area contributed by atoms with Crippen molar-refractivity contribution in [1.29, 1.82) is 0 Å². The van der Waals surface area contributed by atoms with Crippen molar-refractivity contribution >= 4 is 33.3 Å². The van der Waals surface area contributed by atoms with Gasteiger partial charge in [0.05, 0.1) is 21.6 Å². The summed E-state index contributed by atoms with van der Waals surface area (Å²) in [7, 11) is -3.66. The maximum absolute atomic E-state index is 12.5. The van der Waals surface area contributed by atoms with Gasteiger partial charge >= 0.3 is 5.97 Å². The average Bonchev–Trinajstić information content (AvgIpc) is 2.53. The van der Waals surface area contributed by atoms with Gasteiger partial charge in [-0.15, -0.1) is 0 Å². The SMILES string of the molecule is CCCC(CCC)S(=O)(=O)C[C@@H](NC(=O)c1cncc(Cl)c1)C(=O)O. The number of carboxylic acid groups (broad SMARTS) is 1. The summed E-state index contributed by atoms with van der Waals surface area (Å²) in [4.78, 5) is 27.3. The Morgan fingerprint density at radius 2 is 1.84 bits per heavy atom. The second-order valence-electron chi connectivity index (χ2n) is 5.79. The molecule has 140 valence electrons. The van der Waals surface area contributed by atoms with Crippen molar-refractivity contribution in [1.82, 2.24) is 10.3 Å². The van der Waals surface area contributed by atoms with E-state index in [2.05, 4.69) is 10.3 Å². The summed E-state index contributed by atoms with van der Waals surface area (Å²) in [6.07, 6.45) is 4.86. The minimum atomic E-state index is -3.66. The fraction of sp³-hybridized carbons (Fsp3) is 0.562. The Hall–Kier alpha value is -1.67. The summed E-state index contributed by atoms with van der Waals surface area (Å²) >= 11 is 5.75. The third kappa shape index (κ3) is 6.62. The lowest BCUT2D eigenvalue weighted by Crippen LogP contribution is -2.47. The van der Waals surface area contributed by atoms with Crippen molar-refractivity contribution in [3.63, 3.8) is 0 Å². The maximum Gasteiger partial charge on any atom is 0.327 e. The first-order valence-corrected chi connectivity index (χ1v) is 10.2. The minimum absolute atomic E-state index is 0.0646. The zero-order chi connectivity index (χ0) is 19.0. The molecule has 1 atom stereocenters. The van der Waals surface area contributed by atoms with Crippen molar-refractivity contribution in [2.24, 2.45) is 0 Å². The molecule has 1 aromatic rings. The van der Waals surface area contributed by atoms with E-state index in [-0.39, 0.29) is 10.6 Å². The van der Waals surface area contributed by atoms with Gasteiger partial charge in [-0.05, 0) is 18.9 Å².